The molecule has 17 heavy (non-hydrogen) atoms. The van der Waals surface area contributed by atoms with E-state index in [9.17, 15) is 9.59 Å². The number of hydrogen-bond acceptors (Lipinski definition) is 4. The van der Waals surface area contributed by atoms with Crippen molar-refractivity contribution in [2.45, 2.75) is 12.8 Å². The second-order valence-electron chi connectivity index (χ2n) is 3.40. The van der Waals surface area contributed by atoms with E-state index < -0.39 is 5.97 Å². The molecule has 1 rings (SSSR count). The predicted molar refractivity (Wildman–Crippen MR) is 60.7 cm³/mol. The number of carbonyl (C=O) groups excluding carboxylic acids is 1. The monoisotopic (exact) mass is 238 g/mol. The Kier molecular flexibility index (Phi) is 5.09. The van der Waals surface area contributed by atoms with Gasteiger partial charge in [-0.2, -0.15) is 0 Å². The number of amides is 1. The molecule has 0 aliphatic rings. The van der Waals surface area contributed by atoms with Crippen LogP contribution in [0.5, 0.6) is 0 Å². The van der Waals surface area contributed by atoms with E-state index in [0.717, 1.165) is 0 Å². The maximum Gasteiger partial charge on any atom is 0.309 e. The highest BCUT2D eigenvalue weighted by atomic mass is 16.5. The van der Waals surface area contributed by atoms with Crippen LogP contribution in [0.15, 0.2) is 18.3 Å². The summed E-state index contributed by atoms with van der Waals surface area (Å²) in [7, 11) is 1.52. The number of pyridine rings is 1. The zero-order valence-corrected chi connectivity index (χ0v) is 9.47. The minimum Gasteiger partial charge on any atom is -0.481 e. The Balaban J connectivity index is 2.50. The third-order valence-electron chi connectivity index (χ3n) is 1.97. The van der Waals surface area contributed by atoms with Crippen molar-refractivity contribution in [2.75, 3.05) is 19.0 Å². The summed E-state index contributed by atoms with van der Waals surface area (Å²) in [6.07, 6.45) is 1.58. The Morgan fingerprint density at radius 2 is 2.24 bits per heavy atom. The number of ether oxygens (including phenoxy) is 1. The molecule has 6 heteroatoms. The SMILES string of the molecule is COCCC(=O)Nc1ccc(CC(=O)O)nc1. The molecule has 0 fully saturated rings. The average Bonchev–Trinajstić information content (AvgIpc) is 2.28. The highest BCUT2D eigenvalue weighted by Gasteiger charge is 2.04. The van der Waals surface area contributed by atoms with E-state index in [1.807, 2.05) is 0 Å². The number of carboxylic acids is 1. The van der Waals surface area contributed by atoms with E-state index in [2.05, 4.69) is 10.3 Å². The number of hydrogen-bond donors (Lipinski definition) is 2. The Hall–Kier alpha value is -1.95. The van der Waals surface area contributed by atoms with Crippen LogP contribution in [-0.2, 0) is 20.7 Å². The number of rotatable bonds is 6. The number of carbonyl (C=O) groups is 2. The van der Waals surface area contributed by atoms with Crippen LogP contribution in [0, 0.1) is 0 Å². The summed E-state index contributed by atoms with van der Waals surface area (Å²) < 4.78 is 4.77. The number of carboxylic acid groups (broad SMARTS) is 1. The zero-order chi connectivity index (χ0) is 12.7. The second kappa shape index (κ2) is 6.59. The Bertz CT molecular complexity index is 389. The molecule has 92 valence electrons. The predicted octanol–water partition coefficient (Wildman–Crippen LogP) is 0.684. The molecule has 0 aromatic carbocycles. The first kappa shape index (κ1) is 13.1. The van der Waals surface area contributed by atoms with Gasteiger partial charge in [0.1, 0.15) is 0 Å². The van der Waals surface area contributed by atoms with Crippen LogP contribution >= 0.6 is 0 Å². The summed E-state index contributed by atoms with van der Waals surface area (Å²) in [5.74, 6) is -1.10. The van der Waals surface area contributed by atoms with Crippen LogP contribution in [0.25, 0.3) is 0 Å². The van der Waals surface area contributed by atoms with E-state index in [1.54, 1.807) is 12.1 Å². The highest BCUT2D eigenvalue weighted by molar-refractivity contribution is 5.90. The van der Waals surface area contributed by atoms with Crippen molar-refractivity contribution in [2.24, 2.45) is 0 Å². The highest BCUT2D eigenvalue weighted by Crippen LogP contribution is 2.07. The smallest absolute Gasteiger partial charge is 0.309 e. The standard InChI is InChI=1S/C11H14N2O4/c1-17-5-4-10(14)13-9-3-2-8(12-7-9)6-11(15)16/h2-3,7H,4-6H2,1H3,(H,13,14)(H,15,16). The van der Waals surface area contributed by atoms with Gasteiger partial charge in [-0.15, -0.1) is 0 Å². The first-order chi connectivity index (χ1) is 8.11. The molecule has 6 nitrogen and oxygen atoms in total. The van der Waals surface area contributed by atoms with Crippen molar-refractivity contribution in [1.29, 1.82) is 0 Å². The van der Waals surface area contributed by atoms with Gasteiger partial charge in [-0.3, -0.25) is 14.6 Å². The molecule has 0 aliphatic carbocycles. The molecule has 1 aromatic rings. The maximum absolute atomic E-state index is 11.3. The van der Waals surface area contributed by atoms with Gasteiger partial charge < -0.3 is 15.2 Å². The number of anilines is 1. The first-order valence-electron chi connectivity index (χ1n) is 5.07. The van der Waals surface area contributed by atoms with Crippen molar-refractivity contribution in [3.05, 3.63) is 24.0 Å². The third kappa shape index (κ3) is 5.07. The number of nitrogens with one attached hydrogen (secondary N) is 1. The molecule has 1 heterocycles. The topological polar surface area (TPSA) is 88.5 Å². The lowest BCUT2D eigenvalue weighted by Crippen LogP contribution is -2.14. The molecule has 0 saturated carbocycles. The van der Waals surface area contributed by atoms with Crippen molar-refractivity contribution in [3.63, 3.8) is 0 Å². The summed E-state index contributed by atoms with van der Waals surface area (Å²) in [6.45, 7) is 0.357. The molecule has 1 aromatic heterocycles. The molecule has 2 N–H and O–H groups in total. The summed E-state index contributed by atoms with van der Waals surface area (Å²) in [4.78, 5) is 25.7. The van der Waals surface area contributed by atoms with Gasteiger partial charge in [0.25, 0.3) is 0 Å². The molecule has 0 spiro atoms. The van der Waals surface area contributed by atoms with Crippen molar-refractivity contribution >= 4 is 17.6 Å². The van der Waals surface area contributed by atoms with Crippen LogP contribution in [-0.4, -0.2) is 35.7 Å². The van der Waals surface area contributed by atoms with Crippen molar-refractivity contribution in [3.8, 4) is 0 Å². The van der Waals surface area contributed by atoms with E-state index in [1.165, 1.54) is 13.3 Å². The van der Waals surface area contributed by atoms with Crippen molar-refractivity contribution < 1.29 is 19.4 Å². The summed E-state index contributed by atoms with van der Waals surface area (Å²) in [5, 5.41) is 11.2. The number of aliphatic carboxylic acids is 1. The second-order valence-corrected chi connectivity index (χ2v) is 3.40. The van der Waals surface area contributed by atoms with Gasteiger partial charge in [0.2, 0.25) is 5.91 Å². The summed E-state index contributed by atoms with van der Waals surface area (Å²) in [5.41, 5.74) is 0.993. The Morgan fingerprint density at radius 3 is 2.76 bits per heavy atom. The fourth-order valence-corrected chi connectivity index (χ4v) is 1.18. The normalized spacial score (nSPS) is 9.94. The number of nitrogens with zero attached hydrogens (tertiary/aromatic N) is 1. The summed E-state index contributed by atoms with van der Waals surface area (Å²) in [6, 6.07) is 3.19. The number of aromatic nitrogens is 1. The van der Waals surface area contributed by atoms with Crippen LogP contribution < -0.4 is 5.32 Å². The molecular weight excluding hydrogens is 224 g/mol. The molecule has 0 atom stereocenters. The lowest BCUT2D eigenvalue weighted by Gasteiger charge is -2.04. The van der Waals surface area contributed by atoms with Crippen LogP contribution in [0.4, 0.5) is 5.69 Å². The largest absolute Gasteiger partial charge is 0.481 e. The van der Waals surface area contributed by atoms with Crippen LogP contribution in [0.3, 0.4) is 0 Å². The first-order valence-corrected chi connectivity index (χ1v) is 5.07. The van der Waals surface area contributed by atoms with Gasteiger partial charge in [-0.1, -0.05) is 0 Å². The Labute approximate surface area is 98.6 Å². The molecular formula is C11H14N2O4. The minimum absolute atomic E-state index is 0.127. The maximum atomic E-state index is 11.3. The fraction of sp³-hybridized carbons (Fsp3) is 0.364. The van der Waals surface area contributed by atoms with Gasteiger partial charge >= 0.3 is 5.97 Å². The lowest BCUT2D eigenvalue weighted by molar-refractivity contribution is -0.136. The van der Waals surface area contributed by atoms with Gasteiger partial charge in [0.15, 0.2) is 0 Å². The van der Waals surface area contributed by atoms with E-state index in [-0.39, 0.29) is 18.7 Å². The van der Waals surface area contributed by atoms with E-state index >= 15 is 0 Å². The molecule has 0 aliphatic heterocycles. The molecule has 0 radical (unpaired) electrons. The van der Waals surface area contributed by atoms with E-state index in [0.29, 0.717) is 18.0 Å². The van der Waals surface area contributed by atoms with Gasteiger partial charge in [-0.05, 0) is 12.1 Å². The molecule has 0 unspecified atom stereocenters. The quantitative estimate of drug-likeness (QED) is 0.761. The average molecular weight is 238 g/mol. The van der Waals surface area contributed by atoms with Crippen LogP contribution in [0.1, 0.15) is 12.1 Å². The fourth-order valence-electron chi connectivity index (χ4n) is 1.18. The van der Waals surface area contributed by atoms with Crippen LogP contribution in [0.2, 0.25) is 0 Å². The lowest BCUT2D eigenvalue weighted by atomic mass is 10.2. The molecule has 1 amide bonds. The van der Waals surface area contributed by atoms with Gasteiger partial charge in [0, 0.05) is 7.11 Å². The Morgan fingerprint density at radius 1 is 1.47 bits per heavy atom. The number of methoxy groups -OCH3 is 1. The molecule has 0 saturated heterocycles. The summed E-state index contributed by atoms with van der Waals surface area (Å²) >= 11 is 0. The van der Waals surface area contributed by atoms with Gasteiger partial charge in [0.05, 0.1) is 37.0 Å². The molecule has 0 bridgehead atoms. The third-order valence-corrected chi connectivity index (χ3v) is 1.97. The van der Waals surface area contributed by atoms with E-state index in [4.69, 9.17) is 9.84 Å². The van der Waals surface area contributed by atoms with Crippen molar-refractivity contribution in [1.82, 2.24) is 4.98 Å². The van der Waals surface area contributed by atoms with Gasteiger partial charge in [-0.25, -0.2) is 0 Å². The zero-order valence-electron chi connectivity index (χ0n) is 9.47. The minimum atomic E-state index is -0.936.